The molecule has 0 radical (unpaired) electrons. The summed E-state index contributed by atoms with van der Waals surface area (Å²) in [4.78, 5) is 0.296. The zero-order chi connectivity index (χ0) is 12.4. The molecule has 2 rings (SSSR count). The normalized spacial score (nSPS) is 10.2. The third-order valence-corrected chi connectivity index (χ3v) is 2.83. The Hall–Kier alpha value is -1.40. The maximum absolute atomic E-state index is 5.67. The molecule has 0 fully saturated rings. The average molecular weight is 312 g/mol. The van der Waals surface area contributed by atoms with Crippen LogP contribution in [0, 0.1) is 0 Å². The summed E-state index contributed by atoms with van der Waals surface area (Å²) in [6, 6.07) is 5.51. The number of aromatic nitrogens is 2. The molecule has 4 nitrogen and oxygen atoms in total. The number of ether oxygens (including phenoxy) is 1. The number of rotatable bonds is 3. The van der Waals surface area contributed by atoms with Crippen LogP contribution in [0.15, 0.2) is 35.1 Å². The minimum absolute atomic E-state index is 0.296. The Morgan fingerprint density at radius 2 is 2.29 bits per heavy atom. The lowest BCUT2D eigenvalue weighted by Gasteiger charge is -2.08. The number of hydrogen-bond acceptors (Lipinski definition) is 3. The molecule has 0 amide bonds. The average Bonchev–Trinajstić information content (AvgIpc) is 2.66. The standard InChI is InChI=1S/C11H10BrN3OS/c1-15-6-8(5-14-15)16-10-3-2-7(12)4-9(10)11(13)17/h2-6H,1H3,(H2,13,17). The second-order valence-electron chi connectivity index (χ2n) is 3.46. The number of nitrogens with two attached hydrogens (primary N) is 1. The molecule has 0 bridgehead atoms. The van der Waals surface area contributed by atoms with Crippen molar-refractivity contribution < 1.29 is 4.74 Å². The van der Waals surface area contributed by atoms with Crippen LogP contribution in [-0.2, 0) is 7.05 Å². The van der Waals surface area contributed by atoms with Gasteiger partial charge < -0.3 is 10.5 Å². The number of nitrogens with zero attached hydrogens (tertiary/aromatic N) is 2. The molecule has 1 aromatic carbocycles. The van der Waals surface area contributed by atoms with E-state index in [1.54, 1.807) is 17.1 Å². The maximum Gasteiger partial charge on any atom is 0.165 e. The predicted octanol–water partition coefficient (Wildman–Crippen LogP) is 2.61. The highest BCUT2D eigenvalue weighted by molar-refractivity contribution is 9.10. The van der Waals surface area contributed by atoms with Crippen molar-refractivity contribution in [1.82, 2.24) is 9.78 Å². The number of aryl methyl sites for hydroxylation is 1. The Bertz CT molecular complexity index is 568. The molecule has 88 valence electrons. The van der Waals surface area contributed by atoms with Gasteiger partial charge in [0.25, 0.3) is 0 Å². The molecule has 0 aliphatic carbocycles. The molecule has 6 heteroatoms. The first-order valence-corrected chi connectivity index (χ1v) is 6.02. The Labute approximate surface area is 113 Å². The molecular formula is C11H10BrN3OS. The van der Waals surface area contributed by atoms with Crippen LogP contribution in [0.1, 0.15) is 5.56 Å². The molecule has 0 unspecified atom stereocenters. The molecule has 1 aromatic heterocycles. The zero-order valence-electron chi connectivity index (χ0n) is 9.05. The molecule has 17 heavy (non-hydrogen) atoms. The largest absolute Gasteiger partial charge is 0.453 e. The lowest BCUT2D eigenvalue weighted by Crippen LogP contribution is -2.10. The van der Waals surface area contributed by atoms with E-state index in [0.29, 0.717) is 22.1 Å². The Morgan fingerprint density at radius 3 is 2.88 bits per heavy atom. The van der Waals surface area contributed by atoms with E-state index in [2.05, 4.69) is 21.0 Å². The van der Waals surface area contributed by atoms with E-state index in [9.17, 15) is 0 Å². The minimum atomic E-state index is 0.296. The van der Waals surface area contributed by atoms with Crippen molar-refractivity contribution >= 4 is 33.1 Å². The highest BCUT2D eigenvalue weighted by Gasteiger charge is 2.09. The summed E-state index contributed by atoms with van der Waals surface area (Å²) in [6.45, 7) is 0. The Kier molecular flexibility index (Phi) is 3.44. The van der Waals surface area contributed by atoms with Crippen LogP contribution in [0.5, 0.6) is 11.5 Å². The Balaban J connectivity index is 2.35. The summed E-state index contributed by atoms with van der Waals surface area (Å²) in [5, 5.41) is 4.02. The first-order chi connectivity index (χ1) is 8.06. The van der Waals surface area contributed by atoms with Crippen LogP contribution >= 0.6 is 28.1 Å². The molecule has 0 saturated carbocycles. The van der Waals surface area contributed by atoms with Crippen molar-refractivity contribution in [3.8, 4) is 11.5 Å². The van der Waals surface area contributed by atoms with Crippen molar-refractivity contribution in [3.63, 3.8) is 0 Å². The minimum Gasteiger partial charge on any atom is -0.453 e. The highest BCUT2D eigenvalue weighted by atomic mass is 79.9. The fraction of sp³-hybridized carbons (Fsp3) is 0.0909. The van der Waals surface area contributed by atoms with Crippen LogP contribution in [0.3, 0.4) is 0 Å². The summed E-state index contributed by atoms with van der Waals surface area (Å²) in [5.74, 6) is 1.26. The maximum atomic E-state index is 5.67. The summed E-state index contributed by atoms with van der Waals surface area (Å²) in [6.07, 6.45) is 3.40. The SMILES string of the molecule is Cn1cc(Oc2ccc(Br)cc2C(N)=S)cn1. The lowest BCUT2D eigenvalue weighted by molar-refractivity contribution is 0.481. The van der Waals surface area contributed by atoms with Crippen LogP contribution in [0.25, 0.3) is 0 Å². The third-order valence-electron chi connectivity index (χ3n) is 2.12. The van der Waals surface area contributed by atoms with Crippen molar-refractivity contribution in [3.05, 3.63) is 40.6 Å². The Morgan fingerprint density at radius 1 is 1.53 bits per heavy atom. The van der Waals surface area contributed by atoms with Crippen molar-refractivity contribution in [2.24, 2.45) is 12.8 Å². The molecule has 0 saturated heterocycles. The van der Waals surface area contributed by atoms with Crippen molar-refractivity contribution in [2.75, 3.05) is 0 Å². The van der Waals surface area contributed by atoms with Gasteiger partial charge in [-0.3, -0.25) is 4.68 Å². The van der Waals surface area contributed by atoms with Crippen molar-refractivity contribution in [1.29, 1.82) is 0 Å². The lowest BCUT2D eigenvalue weighted by atomic mass is 10.2. The second kappa shape index (κ2) is 4.85. The summed E-state index contributed by atoms with van der Waals surface area (Å²) >= 11 is 8.35. The summed E-state index contributed by atoms with van der Waals surface area (Å²) in [5.41, 5.74) is 6.34. The van der Waals surface area contributed by atoms with Crippen molar-refractivity contribution in [2.45, 2.75) is 0 Å². The van der Waals surface area contributed by atoms with Crippen LogP contribution < -0.4 is 10.5 Å². The molecule has 0 aliphatic heterocycles. The number of hydrogen-bond donors (Lipinski definition) is 1. The van der Waals surface area contributed by atoms with E-state index in [0.717, 1.165) is 4.47 Å². The van der Waals surface area contributed by atoms with E-state index in [1.165, 1.54) is 0 Å². The molecule has 0 spiro atoms. The van der Waals surface area contributed by atoms with Crippen LogP contribution in [-0.4, -0.2) is 14.8 Å². The molecular weight excluding hydrogens is 302 g/mol. The van der Waals surface area contributed by atoms with E-state index < -0.39 is 0 Å². The summed E-state index contributed by atoms with van der Waals surface area (Å²) < 4.78 is 8.24. The van der Waals surface area contributed by atoms with Gasteiger partial charge >= 0.3 is 0 Å². The fourth-order valence-electron chi connectivity index (χ4n) is 1.36. The van der Waals surface area contributed by atoms with Gasteiger partial charge in [0.05, 0.1) is 18.0 Å². The highest BCUT2D eigenvalue weighted by Crippen LogP contribution is 2.27. The molecule has 2 aromatic rings. The summed E-state index contributed by atoms with van der Waals surface area (Å²) in [7, 11) is 1.82. The quantitative estimate of drug-likeness (QED) is 0.885. The van der Waals surface area contributed by atoms with E-state index in [1.807, 2.05) is 25.2 Å². The first-order valence-electron chi connectivity index (χ1n) is 4.82. The van der Waals surface area contributed by atoms with Gasteiger partial charge in [0, 0.05) is 11.5 Å². The van der Waals surface area contributed by atoms with Crippen LogP contribution in [0.4, 0.5) is 0 Å². The molecule has 0 atom stereocenters. The van der Waals surface area contributed by atoms with Gasteiger partial charge in [-0.25, -0.2) is 0 Å². The first kappa shape index (κ1) is 12.1. The fourth-order valence-corrected chi connectivity index (χ4v) is 1.88. The van der Waals surface area contributed by atoms with Crippen LogP contribution in [0.2, 0.25) is 0 Å². The number of halogens is 1. The molecule has 2 N–H and O–H groups in total. The zero-order valence-corrected chi connectivity index (χ0v) is 11.5. The van der Waals surface area contributed by atoms with Gasteiger partial charge in [-0.2, -0.15) is 5.10 Å². The van der Waals surface area contributed by atoms with Gasteiger partial charge in [0.1, 0.15) is 10.7 Å². The van der Waals surface area contributed by atoms with Gasteiger partial charge in [0.2, 0.25) is 0 Å². The third kappa shape index (κ3) is 2.83. The monoisotopic (exact) mass is 311 g/mol. The topological polar surface area (TPSA) is 53.1 Å². The van der Waals surface area contributed by atoms with Gasteiger partial charge in [-0.05, 0) is 18.2 Å². The van der Waals surface area contributed by atoms with E-state index in [4.69, 9.17) is 22.7 Å². The number of thiocarbonyl (C=S) groups is 1. The molecule has 0 aliphatic rings. The number of benzene rings is 1. The van der Waals surface area contributed by atoms with Gasteiger partial charge in [0.15, 0.2) is 5.75 Å². The van der Waals surface area contributed by atoms with E-state index >= 15 is 0 Å². The predicted molar refractivity (Wildman–Crippen MR) is 73.3 cm³/mol. The molecule has 1 heterocycles. The van der Waals surface area contributed by atoms with Gasteiger partial charge in [-0.1, -0.05) is 28.1 Å². The smallest absolute Gasteiger partial charge is 0.165 e. The van der Waals surface area contributed by atoms with Gasteiger partial charge in [-0.15, -0.1) is 0 Å². The van der Waals surface area contributed by atoms with E-state index in [-0.39, 0.29) is 0 Å². The second-order valence-corrected chi connectivity index (χ2v) is 4.81.